The first-order valence-electron chi connectivity index (χ1n) is 4.29. The van der Waals surface area contributed by atoms with E-state index in [0.717, 1.165) is 0 Å². The van der Waals surface area contributed by atoms with E-state index in [1.54, 1.807) is 13.8 Å². The summed E-state index contributed by atoms with van der Waals surface area (Å²) >= 11 is 7.97. The van der Waals surface area contributed by atoms with Crippen molar-refractivity contribution >= 4 is 55.5 Å². The van der Waals surface area contributed by atoms with Crippen molar-refractivity contribution in [3.63, 3.8) is 0 Å². The fourth-order valence-corrected chi connectivity index (χ4v) is 4.87. The van der Waals surface area contributed by atoms with E-state index in [-0.39, 0.29) is 40.8 Å². The Kier molecular flexibility index (Phi) is 4.23. The van der Waals surface area contributed by atoms with Gasteiger partial charge in [0.2, 0.25) is 0 Å². The van der Waals surface area contributed by atoms with Crippen LogP contribution in [0.1, 0.15) is 13.8 Å². The van der Waals surface area contributed by atoms with E-state index in [9.17, 15) is 14.7 Å². The third kappa shape index (κ3) is 1.91. The number of carboxylic acid groups (broad SMARTS) is 1. The maximum Gasteiger partial charge on any atom is 1.00 e. The van der Waals surface area contributed by atoms with Crippen LogP contribution < -0.4 is 34.7 Å². The summed E-state index contributed by atoms with van der Waals surface area (Å²) in [6, 6.07) is -0.858. The van der Waals surface area contributed by atoms with E-state index in [4.69, 9.17) is 0 Å². The molecule has 0 aromatic heterocycles. The Morgan fingerprint density at radius 2 is 2.00 bits per heavy atom. The van der Waals surface area contributed by atoms with E-state index in [2.05, 4.69) is 31.9 Å². The molecule has 0 spiro atoms. The molecule has 0 aromatic carbocycles. The number of carbonyl (C=O) groups is 2. The third-order valence-electron chi connectivity index (χ3n) is 2.66. The van der Waals surface area contributed by atoms with Crippen LogP contribution in [0, 0.1) is 0 Å². The molecule has 2 heterocycles. The topological polar surface area (TPSA) is 60.4 Å². The van der Waals surface area contributed by atoms with Crippen LogP contribution in [-0.2, 0) is 9.59 Å². The SMILES string of the molecule is CC1(C)S[C@H]2N(C(=O)C2(Br)Br)[C@H]1C(=O)[O-].[Na+]. The molecule has 0 bridgehead atoms. The number of fused-ring (bicyclic) bond motifs is 1. The molecule has 16 heavy (non-hydrogen) atoms. The van der Waals surface area contributed by atoms with Gasteiger partial charge in [0.25, 0.3) is 5.91 Å². The first kappa shape index (κ1) is 15.3. The third-order valence-corrected chi connectivity index (χ3v) is 6.44. The van der Waals surface area contributed by atoms with Crippen LogP contribution >= 0.6 is 43.6 Å². The second-order valence-corrected chi connectivity index (χ2v) is 9.43. The van der Waals surface area contributed by atoms with Gasteiger partial charge >= 0.3 is 29.6 Å². The molecule has 0 N–H and O–H groups in total. The number of hydrogen-bond donors (Lipinski definition) is 0. The normalized spacial score (nSPS) is 33.8. The van der Waals surface area contributed by atoms with Gasteiger partial charge in [-0.15, -0.1) is 11.8 Å². The number of halogens is 2. The summed E-state index contributed by atoms with van der Waals surface area (Å²) in [6.07, 6.45) is 0. The fourth-order valence-electron chi connectivity index (χ4n) is 1.96. The first-order valence-corrected chi connectivity index (χ1v) is 6.75. The molecular formula is C8H8Br2NNaO3S. The first-order chi connectivity index (χ1) is 6.69. The van der Waals surface area contributed by atoms with Crippen LogP contribution in [-0.4, -0.2) is 36.2 Å². The van der Waals surface area contributed by atoms with Crippen molar-refractivity contribution in [3.8, 4) is 0 Å². The van der Waals surface area contributed by atoms with Gasteiger partial charge < -0.3 is 14.8 Å². The maximum absolute atomic E-state index is 11.7. The number of rotatable bonds is 1. The number of thioether (sulfide) groups is 1. The Morgan fingerprint density at radius 3 is 2.44 bits per heavy atom. The summed E-state index contributed by atoms with van der Waals surface area (Å²) in [5, 5.41) is 10.8. The van der Waals surface area contributed by atoms with Crippen LogP contribution in [0.25, 0.3) is 0 Å². The molecule has 2 aliphatic heterocycles. The van der Waals surface area contributed by atoms with Crippen molar-refractivity contribution < 1.29 is 44.3 Å². The predicted molar refractivity (Wildman–Crippen MR) is 61.7 cm³/mol. The molecule has 2 aliphatic rings. The number of alkyl halides is 2. The maximum atomic E-state index is 11.7. The van der Waals surface area contributed by atoms with Gasteiger partial charge in [-0.2, -0.15) is 0 Å². The second-order valence-electron chi connectivity index (χ2n) is 4.13. The monoisotopic (exact) mass is 379 g/mol. The molecule has 2 atom stereocenters. The zero-order valence-electron chi connectivity index (χ0n) is 8.99. The Labute approximate surface area is 136 Å². The van der Waals surface area contributed by atoms with Crippen molar-refractivity contribution in [1.29, 1.82) is 0 Å². The van der Waals surface area contributed by atoms with E-state index in [1.807, 2.05) is 0 Å². The second kappa shape index (κ2) is 4.42. The molecule has 0 unspecified atom stereocenters. The number of β-lactam (4-membered cyclic amide) rings is 1. The summed E-state index contributed by atoms with van der Waals surface area (Å²) in [4.78, 5) is 24.1. The number of nitrogens with zero attached hydrogens (tertiary/aromatic N) is 1. The van der Waals surface area contributed by atoms with Crippen LogP contribution in [0.4, 0.5) is 0 Å². The predicted octanol–water partition coefficient (Wildman–Crippen LogP) is -2.71. The van der Waals surface area contributed by atoms with Crippen LogP contribution in [0.15, 0.2) is 0 Å². The summed E-state index contributed by atoms with van der Waals surface area (Å²) < 4.78 is -1.34. The Morgan fingerprint density at radius 1 is 1.50 bits per heavy atom. The zero-order valence-corrected chi connectivity index (χ0v) is 15.0. The van der Waals surface area contributed by atoms with Gasteiger partial charge in [0.15, 0.2) is 3.23 Å². The molecule has 0 aliphatic carbocycles. The molecule has 0 saturated carbocycles. The Balaban J connectivity index is 0.00000128. The van der Waals surface area contributed by atoms with E-state index >= 15 is 0 Å². The van der Waals surface area contributed by atoms with E-state index in [1.165, 1.54) is 16.7 Å². The minimum Gasteiger partial charge on any atom is -0.548 e. The molecule has 84 valence electrons. The smallest absolute Gasteiger partial charge is 0.548 e. The minimum atomic E-state index is -1.20. The van der Waals surface area contributed by atoms with E-state index < -0.39 is 20.0 Å². The van der Waals surface area contributed by atoms with Gasteiger partial charge in [-0.3, -0.25) is 4.79 Å². The van der Waals surface area contributed by atoms with Gasteiger partial charge in [0.1, 0.15) is 5.37 Å². The minimum absolute atomic E-state index is 0. The van der Waals surface area contributed by atoms with Crippen LogP contribution in [0.3, 0.4) is 0 Å². The molecular weight excluding hydrogens is 373 g/mol. The molecule has 2 saturated heterocycles. The number of amides is 1. The van der Waals surface area contributed by atoms with E-state index in [0.29, 0.717) is 0 Å². The molecule has 0 radical (unpaired) electrons. The summed E-state index contributed by atoms with van der Waals surface area (Å²) in [6.45, 7) is 3.61. The average Bonchev–Trinajstić information content (AvgIpc) is 2.35. The zero-order chi connectivity index (χ0) is 11.6. The Hall–Kier alpha value is 1.25. The molecule has 8 heteroatoms. The molecule has 2 fully saturated rings. The molecule has 2 rings (SSSR count). The standard InChI is InChI=1S/C8H9Br2NO3S.Na/c1-7(2)3(4(12)13)11-5(14)8(9,10)6(11)15-7;/h3,6H,1-2H3,(H,12,13);/q;+1/p-1/t3-,6+;/m0./s1. The Bertz CT molecular complexity index is 363. The van der Waals surface area contributed by atoms with Crippen molar-refractivity contribution in [2.75, 3.05) is 0 Å². The van der Waals surface area contributed by atoms with Crippen molar-refractivity contribution in [3.05, 3.63) is 0 Å². The van der Waals surface area contributed by atoms with Gasteiger partial charge in [0.05, 0.1) is 12.0 Å². The number of aliphatic carboxylic acids is 1. The van der Waals surface area contributed by atoms with Crippen LogP contribution in [0.5, 0.6) is 0 Å². The number of carboxylic acids is 1. The molecule has 1 amide bonds. The van der Waals surface area contributed by atoms with Gasteiger partial charge in [-0.05, 0) is 13.8 Å². The molecule has 0 aromatic rings. The largest absolute Gasteiger partial charge is 1.00 e. The summed E-state index contributed by atoms with van der Waals surface area (Å²) in [5.41, 5.74) is 0. The quantitative estimate of drug-likeness (QED) is 0.282. The average molecular weight is 381 g/mol. The molecule has 4 nitrogen and oxygen atoms in total. The fraction of sp³-hybridized carbons (Fsp3) is 0.750. The van der Waals surface area contributed by atoms with Gasteiger partial charge in [-0.1, -0.05) is 31.9 Å². The van der Waals surface area contributed by atoms with Crippen molar-refractivity contribution in [2.24, 2.45) is 0 Å². The summed E-state index contributed by atoms with van der Waals surface area (Å²) in [7, 11) is 0. The van der Waals surface area contributed by atoms with Crippen molar-refractivity contribution in [2.45, 2.75) is 33.2 Å². The summed E-state index contributed by atoms with van der Waals surface area (Å²) in [5.74, 6) is -1.45. The number of carbonyl (C=O) groups excluding carboxylic acids is 2. The van der Waals surface area contributed by atoms with Crippen LogP contribution in [0.2, 0.25) is 0 Å². The van der Waals surface area contributed by atoms with Crippen molar-refractivity contribution in [1.82, 2.24) is 4.90 Å². The number of hydrogen-bond acceptors (Lipinski definition) is 4. The van der Waals surface area contributed by atoms with Gasteiger partial charge in [0, 0.05) is 4.75 Å². The van der Waals surface area contributed by atoms with Gasteiger partial charge in [-0.25, -0.2) is 0 Å².